The molecule has 166 valence electrons. The number of hydrogen-bond acceptors (Lipinski definition) is 3. The number of piperazine rings is 1. The molecule has 4 rings (SSSR count). The van der Waals surface area contributed by atoms with Crippen molar-refractivity contribution in [1.82, 2.24) is 15.1 Å². The van der Waals surface area contributed by atoms with Crippen LogP contribution in [0.15, 0.2) is 91.0 Å². The Morgan fingerprint density at radius 1 is 0.781 bits per heavy atom. The number of hydrogen-bond donors (Lipinski definition) is 1. The largest absolute Gasteiger partial charge is 0.494 e. The number of urea groups is 1. The predicted molar refractivity (Wildman–Crippen MR) is 128 cm³/mol. The zero-order valence-corrected chi connectivity index (χ0v) is 18.4. The summed E-state index contributed by atoms with van der Waals surface area (Å²) in [5.41, 5.74) is 2.57. The molecule has 1 heterocycles. The molecule has 0 saturated carbocycles. The molecule has 0 aliphatic carbocycles. The van der Waals surface area contributed by atoms with E-state index in [9.17, 15) is 4.79 Å². The second kappa shape index (κ2) is 11.3. The molecule has 0 spiro atoms. The third kappa shape index (κ3) is 5.89. The van der Waals surface area contributed by atoms with Crippen molar-refractivity contribution in [3.05, 3.63) is 102 Å². The maximum absolute atomic E-state index is 12.6. The summed E-state index contributed by atoms with van der Waals surface area (Å²) >= 11 is 0. The van der Waals surface area contributed by atoms with Gasteiger partial charge >= 0.3 is 6.03 Å². The lowest BCUT2D eigenvalue weighted by Crippen LogP contribution is -2.52. The molecule has 3 aromatic carbocycles. The van der Waals surface area contributed by atoms with Crippen LogP contribution < -0.4 is 10.1 Å². The molecule has 0 bridgehead atoms. The first-order valence-electron chi connectivity index (χ1n) is 11.4. The zero-order chi connectivity index (χ0) is 22.0. The summed E-state index contributed by atoms with van der Waals surface area (Å²) in [6.45, 7) is 4.35. The second-order valence-electron chi connectivity index (χ2n) is 7.99. The number of carbonyl (C=O) groups is 1. The van der Waals surface area contributed by atoms with E-state index < -0.39 is 0 Å². The van der Waals surface area contributed by atoms with Crippen molar-refractivity contribution in [2.45, 2.75) is 12.5 Å². The van der Waals surface area contributed by atoms with Gasteiger partial charge in [0.2, 0.25) is 0 Å². The minimum Gasteiger partial charge on any atom is -0.494 e. The van der Waals surface area contributed by atoms with E-state index in [1.807, 2.05) is 35.2 Å². The Morgan fingerprint density at radius 3 is 1.88 bits per heavy atom. The molecule has 1 fully saturated rings. The number of ether oxygens (including phenoxy) is 1. The molecule has 0 aromatic heterocycles. The average molecular weight is 430 g/mol. The fourth-order valence-electron chi connectivity index (χ4n) is 4.15. The van der Waals surface area contributed by atoms with Crippen LogP contribution in [-0.2, 0) is 0 Å². The van der Waals surface area contributed by atoms with E-state index >= 15 is 0 Å². The summed E-state index contributed by atoms with van der Waals surface area (Å²) in [6, 6.07) is 31.2. The summed E-state index contributed by atoms with van der Waals surface area (Å²) in [6.07, 6.45) is 0.782. The molecular weight excluding hydrogens is 398 g/mol. The summed E-state index contributed by atoms with van der Waals surface area (Å²) in [5, 5.41) is 3.03. The van der Waals surface area contributed by atoms with Crippen LogP contribution in [0.4, 0.5) is 4.79 Å². The van der Waals surface area contributed by atoms with Gasteiger partial charge in [0.1, 0.15) is 5.75 Å². The van der Waals surface area contributed by atoms with Crippen LogP contribution in [0.5, 0.6) is 5.75 Å². The fourth-order valence-corrected chi connectivity index (χ4v) is 4.15. The summed E-state index contributed by atoms with van der Waals surface area (Å²) in [5.74, 6) is 0.862. The Kier molecular flexibility index (Phi) is 7.77. The molecule has 0 radical (unpaired) electrons. The molecule has 0 unspecified atom stereocenters. The van der Waals surface area contributed by atoms with E-state index in [1.54, 1.807) is 0 Å². The first-order chi connectivity index (χ1) is 15.8. The van der Waals surface area contributed by atoms with Gasteiger partial charge in [-0.15, -0.1) is 0 Å². The second-order valence-corrected chi connectivity index (χ2v) is 7.99. The molecule has 2 amide bonds. The van der Waals surface area contributed by atoms with Gasteiger partial charge in [-0.05, 0) is 29.7 Å². The predicted octanol–water partition coefficient (Wildman–Crippen LogP) is 4.57. The number of nitrogens with zero attached hydrogens (tertiary/aromatic N) is 2. The highest BCUT2D eigenvalue weighted by Gasteiger charge is 2.27. The minimum absolute atomic E-state index is 0.0142. The van der Waals surface area contributed by atoms with Crippen LogP contribution in [0.3, 0.4) is 0 Å². The van der Waals surface area contributed by atoms with Crippen molar-refractivity contribution in [3.63, 3.8) is 0 Å². The first kappa shape index (κ1) is 21.9. The first-order valence-corrected chi connectivity index (χ1v) is 11.4. The standard InChI is InChI=1S/C27H31N3O2/c31-27(28-17-10-22-32-25-15-8-3-9-16-25)30-20-18-29(19-21-30)26(23-11-4-1-5-12-23)24-13-6-2-7-14-24/h1-9,11-16,26H,10,17-22H2,(H,28,31). The van der Waals surface area contributed by atoms with E-state index in [0.29, 0.717) is 13.2 Å². The van der Waals surface area contributed by atoms with Gasteiger partial charge in [-0.2, -0.15) is 0 Å². The highest BCUT2D eigenvalue weighted by Crippen LogP contribution is 2.29. The van der Waals surface area contributed by atoms with Gasteiger partial charge in [0.25, 0.3) is 0 Å². The zero-order valence-electron chi connectivity index (χ0n) is 18.4. The molecule has 1 N–H and O–H groups in total. The SMILES string of the molecule is O=C(NCCCOc1ccccc1)N1CCN(C(c2ccccc2)c2ccccc2)CC1. The van der Waals surface area contributed by atoms with Gasteiger partial charge in [-0.1, -0.05) is 78.9 Å². The number of rotatable bonds is 8. The highest BCUT2D eigenvalue weighted by atomic mass is 16.5. The van der Waals surface area contributed by atoms with Gasteiger partial charge in [0.05, 0.1) is 12.6 Å². The summed E-state index contributed by atoms with van der Waals surface area (Å²) in [4.78, 5) is 17.0. The normalized spacial score (nSPS) is 14.3. The van der Waals surface area contributed by atoms with Gasteiger partial charge in [-0.25, -0.2) is 4.79 Å². The molecule has 3 aromatic rings. The lowest BCUT2D eigenvalue weighted by atomic mass is 9.96. The number of amides is 2. The lowest BCUT2D eigenvalue weighted by Gasteiger charge is -2.39. The summed E-state index contributed by atoms with van der Waals surface area (Å²) in [7, 11) is 0. The molecule has 5 heteroatoms. The van der Waals surface area contributed by atoms with Crippen molar-refractivity contribution in [3.8, 4) is 5.75 Å². The van der Waals surface area contributed by atoms with Gasteiger partial charge in [0, 0.05) is 32.7 Å². The van der Waals surface area contributed by atoms with Gasteiger partial charge < -0.3 is 15.0 Å². The van der Waals surface area contributed by atoms with Crippen LogP contribution in [0.2, 0.25) is 0 Å². The monoisotopic (exact) mass is 429 g/mol. The van der Waals surface area contributed by atoms with Crippen molar-refractivity contribution in [2.24, 2.45) is 0 Å². The molecule has 1 aliphatic rings. The van der Waals surface area contributed by atoms with Crippen LogP contribution >= 0.6 is 0 Å². The Bertz CT molecular complexity index is 903. The minimum atomic E-state index is 0.0142. The van der Waals surface area contributed by atoms with E-state index in [-0.39, 0.29) is 12.1 Å². The topological polar surface area (TPSA) is 44.8 Å². The van der Waals surface area contributed by atoms with Crippen LogP contribution in [0.1, 0.15) is 23.6 Å². The number of para-hydroxylation sites is 1. The Labute approximate surface area is 190 Å². The lowest BCUT2D eigenvalue weighted by molar-refractivity contribution is 0.120. The van der Waals surface area contributed by atoms with Crippen LogP contribution in [0.25, 0.3) is 0 Å². The van der Waals surface area contributed by atoms with E-state index in [2.05, 4.69) is 70.9 Å². The quantitative estimate of drug-likeness (QED) is 0.534. The molecule has 0 atom stereocenters. The van der Waals surface area contributed by atoms with Gasteiger partial charge in [0.15, 0.2) is 0 Å². The third-order valence-electron chi connectivity index (χ3n) is 5.81. The summed E-state index contributed by atoms with van der Waals surface area (Å²) < 4.78 is 5.69. The molecule has 1 aliphatic heterocycles. The Balaban J connectivity index is 1.25. The molecular formula is C27H31N3O2. The average Bonchev–Trinajstić information content (AvgIpc) is 2.86. The number of nitrogens with one attached hydrogen (secondary N) is 1. The van der Waals surface area contributed by atoms with Crippen molar-refractivity contribution >= 4 is 6.03 Å². The fraction of sp³-hybridized carbons (Fsp3) is 0.296. The van der Waals surface area contributed by atoms with Crippen molar-refractivity contribution in [1.29, 1.82) is 0 Å². The molecule has 5 nitrogen and oxygen atoms in total. The van der Waals surface area contributed by atoms with Crippen molar-refractivity contribution in [2.75, 3.05) is 39.3 Å². The maximum Gasteiger partial charge on any atom is 0.317 e. The van der Waals surface area contributed by atoms with Crippen LogP contribution in [0, 0.1) is 0 Å². The van der Waals surface area contributed by atoms with E-state index in [0.717, 1.165) is 38.3 Å². The van der Waals surface area contributed by atoms with Gasteiger partial charge in [-0.3, -0.25) is 4.90 Å². The Morgan fingerprint density at radius 2 is 1.31 bits per heavy atom. The number of benzene rings is 3. The van der Waals surface area contributed by atoms with E-state index in [1.165, 1.54) is 11.1 Å². The maximum atomic E-state index is 12.6. The van der Waals surface area contributed by atoms with Crippen molar-refractivity contribution < 1.29 is 9.53 Å². The highest BCUT2D eigenvalue weighted by molar-refractivity contribution is 5.74. The molecule has 32 heavy (non-hydrogen) atoms. The third-order valence-corrected chi connectivity index (χ3v) is 5.81. The molecule has 1 saturated heterocycles. The Hall–Kier alpha value is -3.31. The number of carbonyl (C=O) groups excluding carboxylic acids is 1. The van der Waals surface area contributed by atoms with E-state index in [4.69, 9.17) is 4.74 Å². The van der Waals surface area contributed by atoms with Crippen LogP contribution in [-0.4, -0.2) is 55.2 Å². The smallest absolute Gasteiger partial charge is 0.317 e.